The van der Waals surface area contributed by atoms with Gasteiger partial charge in [0.05, 0.1) is 5.92 Å². The van der Waals surface area contributed by atoms with E-state index in [0.717, 1.165) is 12.1 Å². The lowest BCUT2D eigenvalue weighted by molar-refractivity contribution is -0.127. The lowest BCUT2D eigenvalue weighted by Gasteiger charge is -2.30. The summed E-state index contributed by atoms with van der Waals surface area (Å²) in [4.78, 5) is 26.5. The van der Waals surface area contributed by atoms with E-state index in [1.165, 1.54) is 19.3 Å². The van der Waals surface area contributed by atoms with Gasteiger partial charge in [0.2, 0.25) is 11.8 Å². The number of hydrogen-bond donors (Lipinski definition) is 1. The van der Waals surface area contributed by atoms with Gasteiger partial charge < -0.3 is 10.2 Å². The summed E-state index contributed by atoms with van der Waals surface area (Å²) in [6, 6.07) is 7.44. The first-order valence-corrected chi connectivity index (χ1v) is 8.78. The van der Waals surface area contributed by atoms with Gasteiger partial charge in [0.25, 0.3) is 0 Å². The van der Waals surface area contributed by atoms with Crippen LogP contribution in [0.15, 0.2) is 24.3 Å². The van der Waals surface area contributed by atoms with Crippen molar-refractivity contribution in [1.29, 1.82) is 0 Å². The molecule has 0 spiro atoms. The summed E-state index contributed by atoms with van der Waals surface area (Å²) >= 11 is 5.89. The second-order valence-corrected chi connectivity index (χ2v) is 7.20. The fourth-order valence-corrected chi connectivity index (χ4v) is 3.71. The molecule has 3 atom stereocenters. The zero-order valence-electron chi connectivity index (χ0n) is 13.4. The Kier molecular flexibility index (Phi) is 4.90. The molecule has 0 bridgehead atoms. The molecule has 124 valence electrons. The summed E-state index contributed by atoms with van der Waals surface area (Å²) in [5.74, 6) is 0.294. The van der Waals surface area contributed by atoms with E-state index >= 15 is 0 Å². The number of halogens is 1. The van der Waals surface area contributed by atoms with Gasteiger partial charge in [-0.25, -0.2) is 0 Å². The van der Waals surface area contributed by atoms with Crippen LogP contribution in [0.2, 0.25) is 5.02 Å². The number of amides is 2. The molecule has 1 saturated heterocycles. The van der Waals surface area contributed by atoms with Gasteiger partial charge in [-0.05, 0) is 43.0 Å². The van der Waals surface area contributed by atoms with Crippen LogP contribution in [0.4, 0.5) is 5.69 Å². The molecule has 0 radical (unpaired) electrons. The maximum atomic E-state index is 12.5. The van der Waals surface area contributed by atoms with Gasteiger partial charge in [-0.1, -0.05) is 31.4 Å². The standard InChI is InChI=1S/C18H23ClN2O2/c1-12-4-2-3-5-16(12)20-18(23)13-10-17(22)21(11-13)15-8-6-14(19)7-9-15/h6-9,12-13,16H,2-5,10-11H2,1H3,(H,20,23)/t12-,13-,16-/m1/s1. The summed E-state index contributed by atoms with van der Waals surface area (Å²) in [6.07, 6.45) is 4.94. The van der Waals surface area contributed by atoms with Crippen molar-refractivity contribution in [3.8, 4) is 0 Å². The molecule has 2 aliphatic rings. The Bertz CT molecular complexity index is 587. The molecule has 5 heteroatoms. The highest BCUT2D eigenvalue weighted by Crippen LogP contribution is 2.28. The van der Waals surface area contributed by atoms with Crippen LogP contribution >= 0.6 is 11.6 Å². The fraction of sp³-hybridized carbons (Fsp3) is 0.556. The Balaban J connectivity index is 1.62. The maximum Gasteiger partial charge on any atom is 0.227 e. The predicted octanol–water partition coefficient (Wildman–Crippen LogP) is 3.39. The van der Waals surface area contributed by atoms with Crippen molar-refractivity contribution in [1.82, 2.24) is 5.32 Å². The zero-order chi connectivity index (χ0) is 16.4. The monoisotopic (exact) mass is 334 g/mol. The number of rotatable bonds is 3. The van der Waals surface area contributed by atoms with Crippen molar-refractivity contribution in [2.45, 2.75) is 45.1 Å². The minimum Gasteiger partial charge on any atom is -0.353 e. The second kappa shape index (κ2) is 6.91. The van der Waals surface area contributed by atoms with E-state index in [1.54, 1.807) is 17.0 Å². The lowest BCUT2D eigenvalue weighted by Crippen LogP contribution is -2.44. The SMILES string of the molecule is C[C@@H]1CCCC[C@H]1NC(=O)[C@@H]1CC(=O)N(c2ccc(Cl)cc2)C1. The Morgan fingerprint density at radius 3 is 2.61 bits per heavy atom. The fourth-order valence-electron chi connectivity index (χ4n) is 3.59. The van der Waals surface area contributed by atoms with Gasteiger partial charge >= 0.3 is 0 Å². The van der Waals surface area contributed by atoms with Gasteiger partial charge in [-0.3, -0.25) is 9.59 Å². The number of carbonyl (C=O) groups is 2. The van der Waals surface area contributed by atoms with Gasteiger partial charge in [0.15, 0.2) is 0 Å². The molecule has 2 fully saturated rings. The third-order valence-corrected chi connectivity index (χ3v) is 5.33. The van der Waals surface area contributed by atoms with E-state index in [2.05, 4.69) is 12.2 Å². The molecule has 1 N–H and O–H groups in total. The highest BCUT2D eigenvalue weighted by Gasteiger charge is 2.36. The molecular formula is C18H23ClN2O2. The van der Waals surface area contributed by atoms with E-state index < -0.39 is 0 Å². The number of carbonyl (C=O) groups excluding carboxylic acids is 2. The molecule has 23 heavy (non-hydrogen) atoms. The number of benzene rings is 1. The van der Waals surface area contributed by atoms with Gasteiger partial charge in [0.1, 0.15) is 0 Å². The van der Waals surface area contributed by atoms with Crippen molar-refractivity contribution in [3.05, 3.63) is 29.3 Å². The van der Waals surface area contributed by atoms with E-state index in [-0.39, 0.29) is 30.2 Å². The van der Waals surface area contributed by atoms with Crippen molar-refractivity contribution in [2.24, 2.45) is 11.8 Å². The highest BCUT2D eigenvalue weighted by molar-refractivity contribution is 6.30. The topological polar surface area (TPSA) is 49.4 Å². The minimum atomic E-state index is -0.257. The molecule has 1 saturated carbocycles. The smallest absolute Gasteiger partial charge is 0.227 e. The van der Waals surface area contributed by atoms with Gasteiger partial charge in [0, 0.05) is 29.7 Å². The third kappa shape index (κ3) is 3.69. The van der Waals surface area contributed by atoms with Crippen LogP contribution in [-0.2, 0) is 9.59 Å². The summed E-state index contributed by atoms with van der Waals surface area (Å²) in [7, 11) is 0. The van der Waals surface area contributed by atoms with Crippen LogP contribution in [0.1, 0.15) is 39.0 Å². The minimum absolute atomic E-state index is 0.00386. The third-order valence-electron chi connectivity index (χ3n) is 5.07. The van der Waals surface area contributed by atoms with Crippen molar-refractivity contribution in [3.63, 3.8) is 0 Å². The molecular weight excluding hydrogens is 312 g/mol. The molecule has 1 heterocycles. The quantitative estimate of drug-likeness (QED) is 0.921. The summed E-state index contributed by atoms with van der Waals surface area (Å²) < 4.78 is 0. The molecule has 1 aromatic rings. The molecule has 0 unspecified atom stereocenters. The molecule has 1 aromatic carbocycles. The lowest BCUT2D eigenvalue weighted by atomic mass is 9.85. The average Bonchev–Trinajstić information content (AvgIpc) is 2.92. The number of nitrogens with one attached hydrogen (secondary N) is 1. The maximum absolute atomic E-state index is 12.5. The largest absolute Gasteiger partial charge is 0.353 e. The molecule has 1 aliphatic heterocycles. The normalized spacial score (nSPS) is 28.0. The first-order valence-electron chi connectivity index (χ1n) is 8.41. The zero-order valence-corrected chi connectivity index (χ0v) is 14.2. The van der Waals surface area contributed by atoms with Gasteiger partial charge in [-0.15, -0.1) is 0 Å². The second-order valence-electron chi connectivity index (χ2n) is 6.76. The number of hydrogen-bond acceptors (Lipinski definition) is 2. The highest BCUT2D eigenvalue weighted by atomic mass is 35.5. The molecule has 3 rings (SSSR count). The molecule has 4 nitrogen and oxygen atoms in total. The van der Waals surface area contributed by atoms with Crippen LogP contribution in [0, 0.1) is 11.8 Å². The van der Waals surface area contributed by atoms with Crippen molar-refractivity contribution in [2.75, 3.05) is 11.4 Å². The van der Waals surface area contributed by atoms with Crippen LogP contribution in [0.3, 0.4) is 0 Å². The Labute approximate surface area is 142 Å². The summed E-state index contributed by atoms with van der Waals surface area (Å²) in [6.45, 7) is 2.65. The Morgan fingerprint density at radius 2 is 1.91 bits per heavy atom. The van der Waals surface area contributed by atoms with Crippen LogP contribution in [-0.4, -0.2) is 24.4 Å². The van der Waals surface area contributed by atoms with Crippen LogP contribution < -0.4 is 10.2 Å². The molecule has 1 aliphatic carbocycles. The Morgan fingerprint density at radius 1 is 1.22 bits per heavy atom. The van der Waals surface area contributed by atoms with E-state index in [9.17, 15) is 9.59 Å². The first-order chi connectivity index (χ1) is 11.0. The van der Waals surface area contributed by atoms with Crippen LogP contribution in [0.25, 0.3) is 0 Å². The average molecular weight is 335 g/mol. The van der Waals surface area contributed by atoms with E-state index in [1.807, 2.05) is 12.1 Å². The van der Waals surface area contributed by atoms with E-state index in [4.69, 9.17) is 11.6 Å². The molecule has 2 amide bonds. The van der Waals surface area contributed by atoms with Gasteiger partial charge in [-0.2, -0.15) is 0 Å². The number of nitrogens with zero attached hydrogens (tertiary/aromatic N) is 1. The van der Waals surface area contributed by atoms with E-state index in [0.29, 0.717) is 17.5 Å². The molecule has 0 aromatic heterocycles. The Hall–Kier alpha value is -1.55. The van der Waals surface area contributed by atoms with Crippen LogP contribution in [0.5, 0.6) is 0 Å². The predicted molar refractivity (Wildman–Crippen MR) is 91.5 cm³/mol. The number of anilines is 1. The van der Waals surface area contributed by atoms with Crippen molar-refractivity contribution >= 4 is 29.1 Å². The summed E-state index contributed by atoms with van der Waals surface area (Å²) in [5, 5.41) is 3.81. The van der Waals surface area contributed by atoms with Crippen molar-refractivity contribution < 1.29 is 9.59 Å². The summed E-state index contributed by atoms with van der Waals surface area (Å²) in [5.41, 5.74) is 0.806. The first kappa shape index (κ1) is 16.3.